The highest BCUT2D eigenvalue weighted by Crippen LogP contribution is 2.53. The van der Waals surface area contributed by atoms with Crippen molar-refractivity contribution in [2.45, 2.75) is 136 Å². The third kappa shape index (κ3) is 8.36. The molecule has 274 valence electrons. The molecule has 4 rings (SSSR count). The van der Waals surface area contributed by atoms with Gasteiger partial charge >= 0.3 is 18.2 Å². The van der Waals surface area contributed by atoms with Crippen molar-refractivity contribution in [3.05, 3.63) is 11.5 Å². The van der Waals surface area contributed by atoms with Crippen molar-refractivity contribution in [1.29, 1.82) is 0 Å². The number of carbonyl (C=O) groups excluding carboxylic acids is 2. The average Bonchev–Trinajstić information content (AvgIpc) is 3.53. The van der Waals surface area contributed by atoms with Crippen LogP contribution in [0.5, 0.6) is 0 Å². The van der Waals surface area contributed by atoms with E-state index in [0.717, 1.165) is 0 Å². The number of nitrogens with zero attached hydrogens (tertiary/aromatic N) is 5. The van der Waals surface area contributed by atoms with E-state index in [4.69, 9.17) is 39.7 Å². The lowest BCUT2D eigenvalue weighted by Crippen LogP contribution is -2.52. The van der Waals surface area contributed by atoms with Crippen molar-refractivity contribution >= 4 is 54.9 Å². The molecule has 1 spiro atoms. The predicted molar refractivity (Wildman–Crippen MR) is 182 cm³/mol. The molecule has 0 aliphatic carbocycles. The zero-order valence-corrected chi connectivity index (χ0v) is 32.4. The Morgan fingerprint density at radius 2 is 1.61 bits per heavy atom. The molecule has 49 heavy (non-hydrogen) atoms. The summed E-state index contributed by atoms with van der Waals surface area (Å²) in [6.45, 7) is 24.1. The Balaban J connectivity index is 1.87. The van der Waals surface area contributed by atoms with Crippen molar-refractivity contribution in [2.75, 3.05) is 18.1 Å². The second-order valence-corrected chi connectivity index (χ2v) is 21.6. The van der Waals surface area contributed by atoms with Crippen LogP contribution in [0.25, 0.3) is 11.0 Å². The summed E-state index contributed by atoms with van der Waals surface area (Å²) >= 11 is 6.44. The molecule has 17 heteroatoms. The lowest BCUT2D eigenvalue weighted by Gasteiger charge is -2.39. The molecule has 1 N–H and O–H groups in total. The number of imide groups is 1. The quantitative estimate of drug-likeness (QED) is 0.236. The van der Waals surface area contributed by atoms with Crippen molar-refractivity contribution < 1.29 is 47.6 Å². The van der Waals surface area contributed by atoms with E-state index in [1.165, 1.54) is 10.9 Å². The second kappa shape index (κ2) is 13.0. The van der Waals surface area contributed by atoms with Gasteiger partial charge in [-0.2, -0.15) is 20.0 Å². The van der Waals surface area contributed by atoms with Gasteiger partial charge < -0.3 is 33.2 Å². The van der Waals surface area contributed by atoms with E-state index in [0.29, 0.717) is 4.90 Å². The Kier molecular flexibility index (Phi) is 10.3. The van der Waals surface area contributed by atoms with Gasteiger partial charge in [0.05, 0.1) is 37.1 Å². The largest absolute Gasteiger partial charge is 0.481 e. The van der Waals surface area contributed by atoms with E-state index in [9.17, 15) is 19.5 Å². The molecule has 0 aromatic carbocycles. The van der Waals surface area contributed by atoms with E-state index in [2.05, 4.69) is 48.9 Å². The summed E-state index contributed by atoms with van der Waals surface area (Å²) in [5, 5.41) is 14.4. The number of aromatic nitrogens is 4. The highest BCUT2D eigenvalue weighted by Gasteiger charge is 2.65. The monoisotopic (exact) mass is 727 g/mol. The van der Waals surface area contributed by atoms with E-state index < -0.39 is 67.3 Å². The zero-order chi connectivity index (χ0) is 37.1. The van der Waals surface area contributed by atoms with Crippen LogP contribution in [-0.4, -0.2) is 93.2 Å². The number of amides is 2. The van der Waals surface area contributed by atoms with E-state index in [1.54, 1.807) is 55.4 Å². The molecule has 4 heterocycles. The van der Waals surface area contributed by atoms with Gasteiger partial charge in [0.1, 0.15) is 22.9 Å². The van der Waals surface area contributed by atoms with Crippen LogP contribution in [0.2, 0.25) is 23.4 Å². The SMILES string of the molecule is CC(C)(C)OC(=O)N(C(=O)OC(C)(C)C)c1nc(Cl)nc2c1cnn2[C@@H]1O[C@H](CO[Si](C)(C)C(C)(C)C)[C@]2(COC(C)(C)O2)[C@H]1CC(=O)O. The van der Waals surface area contributed by atoms with Gasteiger partial charge in [-0.25, -0.2) is 14.3 Å². The normalized spacial score (nSPS) is 24.4. The average molecular weight is 728 g/mol. The lowest BCUT2D eigenvalue weighted by atomic mass is 9.82. The molecule has 2 aromatic heterocycles. The van der Waals surface area contributed by atoms with Crippen LogP contribution in [0, 0.1) is 5.92 Å². The third-order valence-corrected chi connectivity index (χ3v) is 13.4. The Hall–Kier alpha value is -2.89. The molecule has 0 unspecified atom stereocenters. The second-order valence-electron chi connectivity index (χ2n) is 16.5. The number of rotatable bonds is 7. The summed E-state index contributed by atoms with van der Waals surface area (Å²) in [4.78, 5) is 48.7. The van der Waals surface area contributed by atoms with Gasteiger partial charge in [0.25, 0.3) is 0 Å². The summed E-state index contributed by atoms with van der Waals surface area (Å²) in [7, 11) is -2.29. The first-order valence-corrected chi connectivity index (χ1v) is 19.5. The van der Waals surface area contributed by atoms with Crippen LogP contribution in [-0.2, 0) is 32.9 Å². The Morgan fingerprint density at radius 3 is 2.08 bits per heavy atom. The van der Waals surface area contributed by atoms with Crippen molar-refractivity contribution in [2.24, 2.45) is 5.92 Å². The molecule has 0 radical (unpaired) electrons. The zero-order valence-electron chi connectivity index (χ0n) is 30.7. The number of anilines is 1. The third-order valence-electron chi connectivity index (χ3n) is 8.71. The number of carboxylic acids is 1. The summed E-state index contributed by atoms with van der Waals surface area (Å²) < 4.78 is 38.3. The molecule has 2 aliphatic heterocycles. The summed E-state index contributed by atoms with van der Waals surface area (Å²) in [6.07, 6.45) is -3.01. The van der Waals surface area contributed by atoms with Crippen molar-refractivity contribution in [3.63, 3.8) is 0 Å². The van der Waals surface area contributed by atoms with E-state index in [1.807, 2.05) is 0 Å². The number of carboxylic acid groups (broad SMARTS) is 1. The van der Waals surface area contributed by atoms with Crippen LogP contribution >= 0.6 is 11.6 Å². The van der Waals surface area contributed by atoms with Crippen LogP contribution < -0.4 is 4.90 Å². The molecule has 2 saturated heterocycles. The van der Waals surface area contributed by atoms with Gasteiger partial charge in [0.15, 0.2) is 31.8 Å². The van der Waals surface area contributed by atoms with Crippen LogP contribution in [0.3, 0.4) is 0 Å². The maximum Gasteiger partial charge on any atom is 0.425 e. The van der Waals surface area contributed by atoms with Gasteiger partial charge in [-0.15, -0.1) is 0 Å². The van der Waals surface area contributed by atoms with E-state index >= 15 is 0 Å². The molecule has 4 atom stereocenters. The van der Waals surface area contributed by atoms with Crippen LogP contribution in [0.4, 0.5) is 15.4 Å². The Bertz CT molecular complexity index is 1570. The number of halogens is 1. The molecule has 2 aliphatic rings. The minimum atomic E-state index is -2.29. The summed E-state index contributed by atoms with van der Waals surface area (Å²) in [6, 6.07) is 0. The van der Waals surface area contributed by atoms with Gasteiger partial charge in [0.2, 0.25) is 5.28 Å². The van der Waals surface area contributed by atoms with Crippen LogP contribution in [0.1, 0.15) is 88.8 Å². The standard InChI is InChI=1S/C32H50ClN5O10Si/c1-28(2,3)46-26(41)37(27(42)47-29(4,5)6)22-18-15-34-38(23(18)36-25(33)35-22)24-19(14-21(39)40)32(17-43-31(10,11)48-32)20(45-24)16-44-49(12,13)30(7,8)9/h15,19-20,24H,14,16-17H2,1-13H3,(H,39,40)/t19-,20+,24+,32-/m0/s1. The fourth-order valence-corrected chi connectivity index (χ4v) is 6.64. The number of hydrogen-bond donors (Lipinski definition) is 1. The molecule has 15 nitrogen and oxygen atoms in total. The first kappa shape index (κ1) is 38.9. The minimum absolute atomic E-state index is 0.0330. The smallest absolute Gasteiger partial charge is 0.425 e. The topological polar surface area (TPSA) is 174 Å². The maximum absolute atomic E-state index is 13.5. The number of carbonyl (C=O) groups is 3. The highest BCUT2D eigenvalue weighted by molar-refractivity contribution is 6.74. The summed E-state index contributed by atoms with van der Waals surface area (Å²) in [5.74, 6) is -3.24. The lowest BCUT2D eigenvalue weighted by molar-refractivity contribution is -0.184. The minimum Gasteiger partial charge on any atom is -0.481 e. The molecule has 2 fully saturated rings. The number of fused-ring (bicyclic) bond motifs is 1. The molecule has 0 bridgehead atoms. The molecule has 0 saturated carbocycles. The molecule has 2 amide bonds. The van der Waals surface area contributed by atoms with Crippen molar-refractivity contribution in [3.8, 4) is 0 Å². The maximum atomic E-state index is 13.5. The van der Waals surface area contributed by atoms with E-state index in [-0.39, 0.29) is 46.8 Å². The summed E-state index contributed by atoms with van der Waals surface area (Å²) in [5.41, 5.74) is -3.14. The van der Waals surface area contributed by atoms with Crippen molar-refractivity contribution in [1.82, 2.24) is 19.7 Å². The number of ether oxygens (including phenoxy) is 5. The van der Waals surface area contributed by atoms with Gasteiger partial charge in [-0.1, -0.05) is 20.8 Å². The fourth-order valence-electron chi connectivity index (χ4n) is 5.48. The molecule has 2 aromatic rings. The Labute approximate surface area is 293 Å². The van der Waals surface area contributed by atoms with Gasteiger partial charge in [-0.05, 0) is 85.1 Å². The first-order chi connectivity index (χ1) is 22.2. The number of aliphatic carboxylic acids is 1. The molecular formula is C32H50ClN5O10Si. The Morgan fingerprint density at radius 1 is 1.04 bits per heavy atom. The number of hydrogen-bond acceptors (Lipinski definition) is 12. The first-order valence-electron chi connectivity index (χ1n) is 16.2. The fraction of sp³-hybridized carbons (Fsp3) is 0.750. The van der Waals surface area contributed by atoms with Gasteiger partial charge in [0, 0.05) is 0 Å². The highest BCUT2D eigenvalue weighted by atomic mass is 35.5. The van der Waals surface area contributed by atoms with Crippen LogP contribution in [0.15, 0.2) is 6.20 Å². The molecular weight excluding hydrogens is 678 g/mol. The van der Waals surface area contributed by atoms with Gasteiger partial charge in [-0.3, -0.25) is 4.79 Å². The predicted octanol–water partition coefficient (Wildman–Crippen LogP) is 6.69.